The maximum atomic E-state index is 12.9. The summed E-state index contributed by atoms with van der Waals surface area (Å²) in [5.41, 5.74) is 2.65. The Morgan fingerprint density at radius 1 is 1.00 bits per heavy atom. The lowest BCUT2D eigenvalue weighted by Gasteiger charge is -2.13. The van der Waals surface area contributed by atoms with Gasteiger partial charge in [-0.05, 0) is 42.0 Å². The van der Waals surface area contributed by atoms with E-state index in [1.807, 2.05) is 6.07 Å². The van der Waals surface area contributed by atoms with Gasteiger partial charge in [0.1, 0.15) is 0 Å². The largest absolute Gasteiger partial charge is 0.490 e. The zero-order chi connectivity index (χ0) is 17.7. The van der Waals surface area contributed by atoms with Crippen molar-refractivity contribution in [1.82, 2.24) is 4.72 Å². The number of rotatable bonds is 3. The van der Waals surface area contributed by atoms with Crippen molar-refractivity contribution in [3.05, 3.63) is 53.6 Å². The molecule has 0 radical (unpaired) electrons. The van der Waals surface area contributed by atoms with Crippen molar-refractivity contribution in [2.75, 3.05) is 13.2 Å². The summed E-state index contributed by atoms with van der Waals surface area (Å²) < 4.78 is 39.9. The van der Waals surface area contributed by atoms with E-state index in [0.29, 0.717) is 36.5 Å². The molecular formula is C20H21NO4S. The molecule has 0 amide bonds. The Morgan fingerprint density at radius 2 is 1.81 bits per heavy atom. The standard InChI is InChI=1S/C20H21NO4S/c22-26(23,14-7-9-17-18(12-14)25-11-3-10-24-17)21-20-16-8-6-13-4-1-2-5-15(13)19(16)20/h1-2,4-5,7,9,12,16,19-21H,3,6,8,10-11H2. The molecule has 0 bridgehead atoms. The van der Waals surface area contributed by atoms with Crippen LogP contribution in [0.3, 0.4) is 0 Å². The predicted octanol–water partition coefficient (Wildman–Crippen LogP) is 2.85. The minimum absolute atomic E-state index is 0.0142. The molecular weight excluding hydrogens is 350 g/mol. The van der Waals surface area contributed by atoms with Gasteiger partial charge in [-0.25, -0.2) is 13.1 Å². The van der Waals surface area contributed by atoms with Crippen LogP contribution in [0.4, 0.5) is 0 Å². The summed E-state index contributed by atoms with van der Waals surface area (Å²) >= 11 is 0. The fourth-order valence-corrected chi connectivity index (χ4v) is 5.61. The van der Waals surface area contributed by atoms with Crippen molar-refractivity contribution < 1.29 is 17.9 Å². The molecule has 5 nitrogen and oxygen atoms in total. The van der Waals surface area contributed by atoms with E-state index >= 15 is 0 Å². The van der Waals surface area contributed by atoms with Crippen LogP contribution in [-0.2, 0) is 16.4 Å². The molecule has 3 unspecified atom stereocenters. The van der Waals surface area contributed by atoms with Gasteiger partial charge >= 0.3 is 0 Å². The number of fused-ring (bicyclic) bond motifs is 4. The van der Waals surface area contributed by atoms with Gasteiger partial charge in [0.2, 0.25) is 10.0 Å². The first-order chi connectivity index (χ1) is 12.6. The summed E-state index contributed by atoms with van der Waals surface area (Å²) in [6.07, 6.45) is 2.86. The van der Waals surface area contributed by atoms with Crippen LogP contribution in [0.5, 0.6) is 11.5 Å². The minimum atomic E-state index is -3.59. The quantitative estimate of drug-likeness (QED) is 0.901. The summed E-state index contributed by atoms with van der Waals surface area (Å²) in [4.78, 5) is 0.235. The average Bonchev–Trinajstić information content (AvgIpc) is 3.39. The van der Waals surface area contributed by atoms with Crippen molar-refractivity contribution >= 4 is 10.0 Å². The predicted molar refractivity (Wildman–Crippen MR) is 97.2 cm³/mol. The first-order valence-corrected chi connectivity index (χ1v) is 10.6. The molecule has 1 heterocycles. The van der Waals surface area contributed by atoms with Crippen LogP contribution in [0.15, 0.2) is 47.4 Å². The van der Waals surface area contributed by atoms with Gasteiger partial charge < -0.3 is 9.47 Å². The molecule has 3 aliphatic rings. The number of hydrogen-bond donors (Lipinski definition) is 1. The Hall–Kier alpha value is -2.05. The molecule has 2 aliphatic carbocycles. The van der Waals surface area contributed by atoms with E-state index in [2.05, 4.69) is 22.9 Å². The van der Waals surface area contributed by atoms with Gasteiger partial charge in [0, 0.05) is 24.4 Å². The van der Waals surface area contributed by atoms with Crippen LogP contribution in [0.1, 0.15) is 29.9 Å². The maximum Gasteiger partial charge on any atom is 0.240 e. The number of hydrogen-bond acceptors (Lipinski definition) is 4. The molecule has 2 aromatic rings. The SMILES string of the molecule is O=S(=O)(NC1C2CCc3ccccc3C21)c1ccc2c(c1)OCCCO2. The van der Waals surface area contributed by atoms with E-state index in [0.717, 1.165) is 19.3 Å². The lowest BCUT2D eigenvalue weighted by Crippen LogP contribution is -2.27. The monoisotopic (exact) mass is 371 g/mol. The fourth-order valence-electron chi connectivity index (χ4n) is 4.28. The zero-order valence-corrected chi connectivity index (χ0v) is 15.2. The second-order valence-electron chi connectivity index (χ2n) is 7.23. The Kier molecular flexibility index (Phi) is 3.72. The third-order valence-electron chi connectivity index (χ3n) is 5.65. The minimum Gasteiger partial charge on any atom is -0.490 e. The normalized spacial score (nSPS) is 26.4. The molecule has 1 saturated carbocycles. The highest BCUT2D eigenvalue weighted by atomic mass is 32.2. The number of nitrogens with one attached hydrogen (secondary N) is 1. The van der Waals surface area contributed by atoms with E-state index in [-0.39, 0.29) is 10.9 Å². The molecule has 6 heteroatoms. The molecule has 3 atom stereocenters. The van der Waals surface area contributed by atoms with Crippen molar-refractivity contribution in [2.45, 2.75) is 36.1 Å². The topological polar surface area (TPSA) is 64.6 Å². The van der Waals surface area contributed by atoms with Gasteiger partial charge in [0.05, 0.1) is 18.1 Å². The Balaban J connectivity index is 1.39. The summed E-state index contributed by atoms with van der Waals surface area (Å²) in [6, 6.07) is 13.2. The van der Waals surface area contributed by atoms with Gasteiger partial charge in [-0.3, -0.25) is 0 Å². The number of ether oxygens (including phenoxy) is 2. The average molecular weight is 371 g/mol. The van der Waals surface area contributed by atoms with E-state index in [9.17, 15) is 8.42 Å². The van der Waals surface area contributed by atoms with Crippen LogP contribution in [0, 0.1) is 5.92 Å². The first kappa shape index (κ1) is 16.1. The third-order valence-corrected chi connectivity index (χ3v) is 7.11. The molecule has 1 N–H and O–H groups in total. The lowest BCUT2D eigenvalue weighted by atomic mass is 9.92. The van der Waals surface area contributed by atoms with Crippen LogP contribution in [0.25, 0.3) is 0 Å². The molecule has 0 saturated heterocycles. The Bertz CT molecular complexity index is 956. The van der Waals surface area contributed by atoms with Crippen molar-refractivity contribution in [3.8, 4) is 11.5 Å². The molecule has 0 spiro atoms. The first-order valence-electron chi connectivity index (χ1n) is 9.13. The van der Waals surface area contributed by atoms with Gasteiger partial charge in [-0.2, -0.15) is 0 Å². The summed E-state index contributed by atoms with van der Waals surface area (Å²) in [7, 11) is -3.59. The Morgan fingerprint density at radius 3 is 2.69 bits per heavy atom. The molecule has 5 rings (SSSR count). The van der Waals surface area contributed by atoms with Gasteiger partial charge in [-0.15, -0.1) is 0 Å². The smallest absolute Gasteiger partial charge is 0.240 e. The van der Waals surface area contributed by atoms with Crippen LogP contribution < -0.4 is 14.2 Å². The van der Waals surface area contributed by atoms with E-state index in [1.165, 1.54) is 11.1 Å². The highest BCUT2D eigenvalue weighted by Gasteiger charge is 2.54. The molecule has 2 aromatic carbocycles. The van der Waals surface area contributed by atoms with Gasteiger partial charge in [0.25, 0.3) is 0 Å². The lowest BCUT2D eigenvalue weighted by molar-refractivity contribution is 0.297. The number of sulfonamides is 1. The molecule has 26 heavy (non-hydrogen) atoms. The summed E-state index contributed by atoms with van der Waals surface area (Å²) in [5, 5.41) is 0. The highest BCUT2D eigenvalue weighted by molar-refractivity contribution is 7.89. The summed E-state index contributed by atoms with van der Waals surface area (Å²) in [6.45, 7) is 1.12. The molecule has 136 valence electrons. The van der Waals surface area contributed by atoms with Crippen molar-refractivity contribution in [2.24, 2.45) is 5.92 Å². The second-order valence-corrected chi connectivity index (χ2v) is 8.95. The third kappa shape index (κ3) is 2.68. The molecule has 1 aliphatic heterocycles. The summed E-state index contributed by atoms with van der Waals surface area (Å²) in [5.74, 6) is 1.81. The van der Waals surface area contributed by atoms with E-state index in [4.69, 9.17) is 9.47 Å². The van der Waals surface area contributed by atoms with Gasteiger partial charge in [0.15, 0.2) is 11.5 Å². The van der Waals surface area contributed by atoms with Crippen molar-refractivity contribution in [1.29, 1.82) is 0 Å². The maximum absolute atomic E-state index is 12.9. The van der Waals surface area contributed by atoms with Crippen LogP contribution in [-0.4, -0.2) is 27.7 Å². The highest BCUT2D eigenvalue weighted by Crippen LogP contribution is 2.55. The molecule has 1 fully saturated rings. The zero-order valence-electron chi connectivity index (χ0n) is 14.4. The number of benzene rings is 2. The van der Waals surface area contributed by atoms with Gasteiger partial charge in [-0.1, -0.05) is 24.3 Å². The molecule has 0 aromatic heterocycles. The Labute approximate surface area is 153 Å². The fraction of sp³-hybridized carbons (Fsp3) is 0.400. The van der Waals surface area contributed by atoms with Crippen LogP contribution in [0.2, 0.25) is 0 Å². The van der Waals surface area contributed by atoms with E-state index in [1.54, 1.807) is 18.2 Å². The van der Waals surface area contributed by atoms with Crippen molar-refractivity contribution in [3.63, 3.8) is 0 Å². The van der Waals surface area contributed by atoms with Crippen LogP contribution >= 0.6 is 0 Å². The second kappa shape index (κ2) is 5.99. The van der Waals surface area contributed by atoms with E-state index < -0.39 is 10.0 Å². The number of aryl methyl sites for hydroxylation is 1.